The molecule has 3 saturated heterocycles. The van der Waals surface area contributed by atoms with Gasteiger partial charge < -0.3 is 15.0 Å². The second-order valence-corrected chi connectivity index (χ2v) is 12.2. The lowest BCUT2D eigenvalue weighted by molar-refractivity contribution is -0.124. The highest BCUT2D eigenvalue weighted by Gasteiger charge is 2.58. The summed E-state index contributed by atoms with van der Waals surface area (Å²) in [5.41, 5.74) is 6.94. The third-order valence-corrected chi connectivity index (χ3v) is 7.10. The van der Waals surface area contributed by atoms with Gasteiger partial charge in [0.15, 0.2) is 6.29 Å². The molecule has 4 N–H and O–H groups in total. The van der Waals surface area contributed by atoms with Crippen molar-refractivity contribution in [1.82, 2.24) is 15.5 Å². The Labute approximate surface area is 168 Å². The largest absolute Gasteiger partial charge is 0.374 e. The Morgan fingerprint density at radius 2 is 2.11 bits per heavy atom. The third kappa shape index (κ3) is 3.58. The van der Waals surface area contributed by atoms with Crippen LogP contribution in [0.1, 0.15) is 46.5 Å². The summed E-state index contributed by atoms with van der Waals surface area (Å²) in [7, 11) is -2.15. The monoisotopic (exact) mass is 410 g/mol. The van der Waals surface area contributed by atoms with Crippen molar-refractivity contribution >= 4 is 15.6 Å². The average molecular weight is 411 g/mol. The van der Waals surface area contributed by atoms with Gasteiger partial charge >= 0.3 is 0 Å². The fourth-order valence-corrected chi connectivity index (χ4v) is 5.75. The predicted molar refractivity (Wildman–Crippen MR) is 112 cm³/mol. The minimum absolute atomic E-state index is 0.0932. The van der Waals surface area contributed by atoms with E-state index in [2.05, 4.69) is 40.7 Å². The highest BCUT2D eigenvalue weighted by molar-refractivity contribution is 7.92. The standard InChI is InChI=1S/C19H34N6O2S/c1-18(2)9-13-19(3,11-27-18)12-10-21-17(20)23-16(12)25(13)15-8-6-7-14(22-15)24-28(4,5)26/h10,13-15,17,21-22H,6-9,11,20H2,1-5H3/t13-,14?,15?,17?,19-/m1/s1. The second kappa shape index (κ2) is 6.68. The molecule has 0 aromatic carbocycles. The Morgan fingerprint density at radius 1 is 1.36 bits per heavy atom. The van der Waals surface area contributed by atoms with E-state index >= 15 is 0 Å². The van der Waals surface area contributed by atoms with E-state index in [1.54, 1.807) is 12.5 Å². The Morgan fingerprint density at radius 3 is 2.82 bits per heavy atom. The smallest absolute Gasteiger partial charge is 0.173 e. The molecule has 0 bridgehead atoms. The topological polar surface area (TPSA) is 104 Å². The van der Waals surface area contributed by atoms with Gasteiger partial charge in [0.1, 0.15) is 12.0 Å². The molecule has 0 aromatic heterocycles. The van der Waals surface area contributed by atoms with Crippen LogP contribution in [0.5, 0.6) is 0 Å². The number of fused-ring (bicyclic) bond motifs is 3. The molecule has 0 amide bonds. The summed E-state index contributed by atoms with van der Waals surface area (Å²) < 4.78 is 23.0. The number of hydrogen-bond acceptors (Lipinski definition) is 8. The minimum Gasteiger partial charge on any atom is -0.374 e. The van der Waals surface area contributed by atoms with Crippen LogP contribution in [-0.4, -0.2) is 64.3 Å². The molecule has 0 aromatic rings. The molecule has 5 atom stereocenters. The first kappa shape index (κ1) is 20.1. The molecule has 0 radical (unpaired) electrons. The molecule has 158 valence electrons. The molecule has 4 aliphatic rings. The molecule has 0 aliphatic carbocycles. The van der Waals surface area contributed by atoms with Gasteiger partial charge in [-0.25, -0.2) is 9.36 Å². The second-order valence-electron chi connectivity index (χ2n) is 9.63. The minimum atomic E-state index is -2.15. The van der Waals surface area contributed by atoms with E-state index in [0.717, 1.165) is 31.5 Å². The predicted octanol–water partition coefficient (Wildman–Crippen LogP) is 1.16. The van der Waals surface area contributed by atoms with Crippen molar-refractivity contribution in [1.29, 1.82) is 0 Å². The van der Waals surface area contributed by atoms with E-state index in [4.69, 9.17) is 15.5 Å². The van der Waals surface area contributed by atoms with Gasteiger partial charge in [-0.1, -0.05) is 6.92 Å². The zero-order chi connectivity index (χ0) is 20.3. The van der Waals surface area contributed by atoms with E-state index in [9.17, 15) is 4.21 Å². The number of nitrogens with one attached hydrogen (secondary N) is 2. The van der Waals surface area contributed by atoms with Gasteiger partial charge in [-0.05, 0) is 39.5 Å². The van der Waals surface area contributed by atoms with Crippen LogP contribution in [-0.2, 0) is 14.5 Å². The molecular weight excluding hydrogens is 376 g/mol. The fraction of sp³-hybridized carbons (Fsp3) is 0.842. The van der Waals surface area contributed by atoms with Crippen LogP contribution in [0.15, 0.2) is 21.1 Å². The summed E-state index contributed by atoms with van der Waals surface area (Å²) in [6.45, 7) is 7.23. The lowest BCUT2D eigenvalue weighted by Crippen LogP contribution is -2.59. The Bertz CT molecular complexity index is 822. The Balaban J connectivity index is 1.71. The van der Waals surface area contributed by atoms with E-state index in [1.165, 1.54) is 5.57 Å². The van der Waals surface area contributed by atoms with Crippen LogP contribution in [0, 0.1) is 5.41 Å². The van der Waals surface area contributed by atoms with E-state index in [0.29, 0.717) is 6.61 Å². The molecule has 0 saturated carbocycles. The summed E-state index contributed by atoms with van der Waals surface area (Å²) in [4.78, 5) is 7.20. The van der Waals surface area contributed by atoms with Crippen LogP contribution in [0.4, 0.5) is 0 Å². The first-order valence-corrected chi connectivity index (χ1v) is 12.5. The van der Waals surface area contributed by atoms with E-state index < -0.39 is 16.0 Å². The molecule has 28 heavy (non-hydrogen) atoms. The average Bonchev–Trinajstić information content (AvgIpc) is 2.81. The van der Waals surface area contributed by atoms with Gasteiger partial charge in [-0.3, -0.25) is 15.3 Å². The molecule has 4 heterocycles. The summed E-state index contributed by atoms with van der Waals surface area (Å²) >= 11 is 0. The van der Waals surface area contributed by atoms with Crippen molar-refractivity contribution in [3.05, 3.63) is 11.8 Å². The SMILES string of the molecule is CC1(C)C[C@H]2N(C3CCCC(N=S(C)(C)=O)N3)C3=NC(N)NC=C3[C@@]2(C)CO1. The summed E-state index contributed by atoms with van der Waals surface area (Å²) in [6.07, 6.45) is 8.85. The van der Waals surface area contributed by atoms with Gasteiger partial charge in [-0.2, -0.15) is 0 Å². The van der Waals surface area contributed by atoms with Crippen molar-refractivity contribution in [2.24, 2.45) is 20.5 Å². The molecule has 4 rings (SSSR count). The maximum absolute atomic E-state index is 12.2. The maximum atomic E-state index is 12.2. The number of rotatable bonds is 2. The number of hydrogen-bond donors (Lipinski definition) is 3. The first-order chi connectivity index (χ1) is 13.0. The third-order valence-electron chi connectivity index (χ3n) is 6.34. The van der Waals surface area contributed by atoms with Crippen LogP contribution in [0.2, 0.25) is 0 Å². The van der Waals surface area contributed by atoms with Crippen molar-refractivity contribution in [3.8, 4) is 0 Å². The molecule has 4 aliphatic heterocycles. The van der Waals surface area contributed by atoms with Crippen LogP contribution in [0.25, 0.3) is 0 Å². The van der Waals surface area contributed by atoms with Crippen molar-refractivity contribution in [2.75, 3.05) is 19.1 Å². The van der Waals surface area contributed by atoms with E-state index in [1.807, 2.05) is 6.20 Å². The fourth-order valence-electron chi connectivity index (χ4n) is 4.97. The van der Waals surface area contributed by atoms with Gasteiger partial charge in [0.2, 0.25) is 0 Å². The number of piperidine rings is 1. The zero-order valence-corrected chi connectivity index (χ0v) is 18.4. The Kier molecular flexibility index (Phi) is 4.80. The van der Waals surface area contributed by atoms with Crippen molar-refractivity contribution in [2.45, 2.75) is 76.7 Å². The number of ether oxygens (including phenoxy) is 1. The Hall–Kier alpha value is -1.16. The molecule has 3 unspecified atom stereocenters. The zero-order valence-electron chi connectivity index (χ0n) is 17.6. The molecule has 3 fully saturated rings. The molecule has 8 nitrogen and oxygen atoms in total. The maximum Gasteiger partial charge on any atom is 0.173 e. The molecular formula is C19H34N6O2S. The summed E-state index contributed by atoms with van der Waals surface area (Å²) in [6, 6.07) is 0.261. The van der Waals surface area contributed by atoms with Crippen molar-refractivity contribution in [3.63, 3.8) is 0 Å². The highest BCUT2D eigenvalue weighted by Crippen LogP contribution is 2.51. The number of nitrogens with two attached hydrogens (primary N) is 1. The number of likely N-dealkylation sites (tertiary alicyclic amines) is 1. The summed E-state index contributed by atoms with van der Waals surface area (Å²) in [5.74, 6) is 0.965. The van der Waals surface area contributed by atoms with Crippen LogP contribution >= 0.6 is 0 Å². The van der Waals surface area contributed by atoms with Crippen molar-refractivity contribution < 1.29 is 8.95 Å². The number of nitrogens with zero attached hydrogens (tertiary/aromatic N) is 3. The summed E-state index contributed by atoms with van der Waals surface area (Å²) in [5, 5.41) is 6.81. The quantitative estimate of drug-likeness (QED) is 0.631. The lowest BCUT2D eigenvalue weighted by Gasteiger charge is -2.48. The van der Waals surface area contributed by atoms with Gasteiger partial charge in [0, 0.05) is 45.5 Å². The van der Waals surface area contributed by atoms with E-state index in [-0.39, 0.29) is 29.4 Å². The molecule has 9 heteroatoms. The van der Waals surface area contributed by atoms with Crippen LogP contribution in [0.3, 0.4) is 0 Å². The van der Waals surface area contributed by atoms with Gasteiger partial charge in [-0.15, -0.1) is 0 Å². The molecule has 0 spiro atoms. The normalized spacial score (nSPS) is 40.0. The van der Waals surface area contributed by atoms with Gasteiger partial charge in [0.25, 0.3) is 0 Å². The van der Waals surface area contributed by atoms with Crippen LogP contribution < -0.4 is 16.4 Å². The number of aliphatic imine (C=N–C) groups is 1. The first-order valence-electron chi connectivity index (χ1n) is 10.1. The number of amidine groups is 1. The van der Waals surface area contributed by atoms with Gasteiger partial charge in [0.05, 0.1) is 18.4 Å². The highest BCUT2D eigenvalue weighted by atomic mass is 32.2. The lowest BCUT2D eigenvalue weighted by atomic mass is 9.73.